The number of fused-ring (bicyclic) bond motifs is 1. The van der Waals surface area contributed by atoms with Gasteiger partial charge in [-0.3, -0.25) is 4.79 Å². The number of nitrogens with two attached hydrogens (primary N) is 1. The first-order chi connectivity index (χ1) is 9.54. The number of amides is 1. The standard InChI is InChI=1S/C16H22N2O2/c1-11(8-9-17)16(19)18(3)12(2)15-10-13-6-4-5-7-14(13)20-15/h4-7,10-12H,8-9,17H2,1-3H3. The van der Waals surface area contributed by atoms with E-state index in [-0.39, 0.29) is 17.9 Å². The number of rotatable bonds is 5. The summed E-state index contributed by atoms with van der Waals surface area (Å²) in [6.07, 6.45) is 0.704. The lowest BCUT2D eigenvalue weighted by atomic mass is 10.1. The number of hydrogen-bond acceptors (Lipinski definition) is 3. The topological polar surface area (TPSA) is 59.5 Å². The summed E-state index contributed by atoms with van der Waals surface area (Å²) in [5.74, 6) is 0.849. The van der Waals surface area contributed by atoms with Gasteiger partial charge in [-0.15, -0.1) is 0 Å². The summed E-state index contributed by atoms with van der Waals surface area (Å²) < 4.78 is 5.82. The SMILES string of the molecule is CC(CCN)C(=O)N(C)C(C)c1cc2ccccc2o1. The molecule has 20 heavy (non-hydrogen) atoms. The van der Waals surface area contributed by atoms with Gasteiger partial charge in [0.25, 0.3) is 0 Å². The summed E-state index contributed by atoms with van der Waals surface area (Å²) in [4.78, 5) is 14.0. The largest absolute Gasteiger partial charge is 0.459 e. The van der Waals surface area contributed by atoms with Crippen LogP contribution in [0.5, 0.6) is 0 Å². The molecule has 0 bridgehead atoms. The van der Waals surface area contributed by atoms with E-state index in [9.17, 15) is 4.79 Å². The summed E-state index contributed by atoms with van der Waals surface area (Å²) in [6.45, 7) is 4.42. The van der Waals surface area contributed by atoms with Crippen LogP contribution >= 0.6 is 0 Å². The number of benzene rings is 1. The zero-order valence-corrected chi connectivity index (χ0v) is 12.3. The van der Waals surface area contributed by atoms with E-state index in [2.05, 4.69) is 0 Å². The van der Waals surface area contributed by atoms with E-state index in [1.165, 1.54) is 0 Å². The Kier molecular flexibility index (Phi) is 4.45. The van der Waals surface area contributed by atoms with E-state index >= 15 is 0 Å². The lowest BCUT2D eigenvalue weighted by Gasteiger charge is -2.26. The van der Waals surface area contributed by atoms with Crippen molar-refractivity contribution in [3.05, 3.63) is 36.1 Å². The van der Waals surface area contributed by atoms with Gasteiger partial charge in [0.15, 0.2) is 0 Å². The number of furan rings is 1. The fourth-order valence-corrected chi connectivity index (χ4v) is 2.31. The highest BCUT2D eigenvalue weighted by Gasteiger charge is 2.24. The molecule has 4 heteroatoms. The van der Waals surface area contributed by atoms with Gasteiger partial charge in [-0.2, -0.15) is 0 Å². The second kappa shape index (κ2) is 6.09. The Morgan fingerprint density at radius 2 is 2.05 bits per heavy atom. The third kappa shape index (κ3) is 2.85. The minimum absolute atomic E-state index is 0.0585. The number of para-hydroxylation sites is 1. The highest BCUT2D eigenvalue weighted by atomic mass is 16.3. The molecule has 2 unspecified atom stereocenters. The lowest BCUT2D eigenvalue weighted by Crippen LogP contribution is -2.34. The smallest absolute Gasteiger partial charge is 0.225 e. The second-order valence-corrected chi connectivity index (χ2v) is 5.29. The molecule has 1 aromatic heterocycles. The Bertz CT molecular complexity index is 558. The van der Waals surface area contributed by atoms with Crippen LogP contribution in [0.15, 0.2) is 34.7 Å². The highest BCUT2D eigenvalue weighted by molar-refractivity contribution is 5.80. The average molecular weight is 274 g/mol. The molecule has 2 aromatic rings. The predicted molar refractivity (Wildman–Crippen MR) is 80.2 cm³/mol. The van der Waals surface area contributed by atoms with Gasteiger partial charge in [-0.25, -0.2) is 0 Å². The van der Waals surface area contributed by atoms with E-state index in [1.54, 1.807) is 4.90 Å². The van der Waals surface area contributed by atoms with Gasteiger partial charge in [0.05, 0.1) is 6.04 Å². The van der Waals surface area contributed by atoms with E-state index in [4.69, 9.17) is 10.2 Å². The van der Waals surface area contributed by atoms with E-state index in [0.29, 0.717) is 13.0 Å². The van der Waals surface area contributed by atoms with Gasteiger partial charge in [0.1, 0.15) is 11.3 Å². The molecule has 0 aliphatic rings. The summed E-state index contributed by atoms with van der Waals surface area (Å²) in [6, 6.07) is 9.77. The first kappa shape index (κ1) is 14.6. The molecule has 0 aliphatic heterocycles. The molecule has 1 heterocycles. The van der Waals surface area contributed by atoms with Crippen molar-refractivity contribution < 1.29 is 9.21 Å². The van der Waals surface area contributed by atoms with Crippen molar-refractivity contribution in [2.24, 2.45) is 11.7 Å². The third-order valence-electron chi connectivity index (χ3n) is 3.81. The summed E-state index contributed by atoms with van der Waals surface area (Å²) in [5, 5.41) is 1.06. The zero-order chi connectivity index (χ0) is 14.7. The predicted octanol–water partition coefficient (Wildman–Crippen LogP) is 2.94. The van der Waals surface area contributed by atoms with Crippen molar-refractivity contribution in [2.75, 3.05) is 13.6 Å². The average Bonchev–Trinajstić information content (AvgIpc) is 2.89. The van der Waals surface area contributed by atoms with Crippen LogP contribution in [0.3, 0.4) is 0 Å². The first-order valence-corrected chi connectivity index (χ1v) is 6.99. The number of hydrogen-bond donors (Lipinski definition) is 1. The molecule has 2 rings (SSSR count). The van der Waals surface area contributed by atoms with Crippen LogP contribution in [0.1, 0.15) is 32.1 Å². The van der Waals surface area contributed by atoms with Crippen LogP contribution in [-0.2, 0) is 4.79 Å². The number of carbonyl (C=O) groups is 1. The van der Waals surface area contributed by atoms with Crippen molar-refractivity contribution in [1.29, 1.82) is 0 Å². The van der Waals surface area contributed by atoms with Crippen molar-refractivity contribution in [3.63, 3.8) is 0 Å². The van der Waals surface area contributed by atoms with Crippen molar-refractivity contribution in [3.8, 4) is 0 Å². The molecule has 1 amide bonds. The molecule has 4 nitrogen and oxygen atoms in total. The fraction of sp³-hybridized carbons (Fsp3) is 0.438. The quantitative estimate of drug-likeness (QED) is 0.912. The highest BCUT2D eigenvalue weighted by Crippen LogP contribution is 2.27. The molecule has 0 saturated carbocycles. The Labute approximate surface area is 119 Å². The van der Waals surface area contributed by atoms with Crippen molar-refractivity contribution in [1.82, 2.24) is 4.90 Å². The fourth-order valence-electron chi connectivity index (χ4n) is 2.31. The first-order valence-electron chi connectivity index (χ1n) is 6.99. The molecule has 0 fully saturated rings. The van der Waals surface area contributed by atoms with Crippen LogP contribution in [-0.4, -0.2) is 24.4 Å². The van der Waals surface area contributed by atoms with Crippen LogP contribution in [0.2, 0.25) is 0 Å². The van der Waals surface area contributed by atoms with Crippen LogP contribution < -0.4 is 5.73 Å². The number of nitrogens with zero attached hydrogens (tertiary/aromatic N) is 1. The monoisotopic (exact) mass is 274 g/mol. The summed E-state index contributed by atoms with van der Waals surface area (Å²) in [5.41, 5.74) is 6.37. The van der Waals surface area contributed by atoms with Crippen LogP contribution in [0.4, 0.5) is 0 Å². The minimum atomic E-state index is -0.0878. The second-order valence-electron chi connectivity index (χ2n) is 5.29. The van der Waals surface area contributed by atoms with Crippen LogP contribution in [0.25, 0.3) is 11.0 Å². The minimum Gasteiger partial charge on any atom is -0.459 e. The Balaban J connectivity index is 2.17. The molecule has 0 aliphatic carbocycles. The number of carbonyl (C=O) groups excluding carboxylic acids is 1. The molecule has 0 spiro atoms. The molecule has 2 N–H and O–H groups in total. The summed E-state index contributed by atoms with van der Waals surface area (Å²) in [7, 11) is 1.81. The van der Waals surface area contributed by atoms with Gasteiger partial charge < -0.3 is 15.1 Å². The molecular formula is C16H22N2O2. The summed E-state index contributed by atoms with van der Waals surface area (Å²) >= 11 is 0. The molecule has 0 radical (unpaired) electrons. The maximum Gasteiger partial charge on any atom is 0.225 e. The maximum absolute atomic E-state index is 12.3. The maximum atomic E-state index is 12.3. The van der Waals surface area contributed by atoms with Crippen molar-refractivity contribution in [2.45, 2.75) is 26.3 Å². The van der Waals surface area contributed by atoms with Gasteiger partial charge >= 0.3 is 0 Å². The normalized spacial score (nSPS) is 14.2. The Hall–Kier alpha value is -1.81. The molecule has 108 valence electrons. The molecule has 0 saturated heterocycles. The van der Waals surface area contributed by atoms with Crippen molar-refractivity contribution >= 4 is 16.9 Å². The van der Waals surface area contributed by atoms with E-state index in [1.807, 2.05) is 51.2 Å². The molecule has 1 aromatic carbocycles. The lowest BCUT2D eigenvalue weighted by molar-refractivity contribution is -0.136. The molecular weight excluding hydrogens is 252 g/mol. The zero-order valence-electron chi connectivity index (χ0n) is 12.3. The van der Waals surface area contributed by atoms with Crippen LogP contribution in [0, 0.1) is 5.92 Å². The Morgan fingerprint density at radius 3 is 2.70 bits per heavy atom. The molecule has 2 atom stereocenters. The van der Waals surface area contributed by atoms with Gasteiger partial charge in [0.2, 0.25) is 5.91 Å². The van der Waals surface area contributed by atoms with Gasteiger partial charge in [-0.05, 0) is 32.0 Å². The van der Waals surface area contributed by atoms with Gasteiger partial charge in [-0.1, -0.05) is 25.1 Å². The van der Waals surface area contributed by atoms with E-state index in [0.717, 1.165) is 16.7 Å². The Morgan fingerprint density at radius 1 is 1.35 bits per heavy atom. The third-order valence-corrected chi connectivity index (χ3v) is 3.81. The van der Waals surface area contributed by atoms with Gasteiger partial charge in [0, 0.05) is 18.4 Å². The van der Waals surface area contributed by atoms with E-state index < -0.39 is 0 Å².